The first-order chi connectivity index (χ1) is 9.96. The van der Waals surface area contributed by atoms with E-state index in [0.717, 1.165) is 6.08 Å². The van der Waals surface area contributed by atoms with Crippen molar-refractivity contribution < 1.29 is 28.6 Å². The van der Waals surface area contributed by atoms with E-state index < -0.39 is 23.9 Å². The van der Waals surface area contributed by atoms with Crippen LogP contribution in [0.5, 0.6) is 0 Å². The minimum atomic E-state index is -0.643. The van der Waals surface area contributed by atoms with E-state index in [2.05, 4.69) is 10.1 Å². The first-order valence-corrected chi connectivity index (χ1v) is 6.52. The molecule has 1 unspecified atom stereocenters. The fraction of sp³-hybridized carbons (Fsp3) is 0.500. The summed E-state index contributed by atoms with van der Waals surface area (Å²) in [5, 5.41) is 2.69. The smallest absolute Gasteiger partial charge is 0.339 e. The number of carbonyl (C=O) groups excluding carboxylic acids is 3. The molecule has 0 saturated heterocycles. The molecule has 0 rings (SSSR count). The molecule has 0 radical (unpaired) electrons. The Kier molecular flexibility index (Phi) is 9.32. The van der Waals surface area contributed by atoms with Crippen molar-refractivity contribution in [3.8, 4) is 0 Å². The number of hydrogen-bond acceptors (Lipinski definition) is 7. The van der Waals surface area contributed by atoms with Gasteiger partial charge in [0, 0.05) is 12.3 Å². The van der Waals surface area contributed by atoms with Gasteiger partial charge in [0.15, 0.2) is 0 Å². The molecular weight excluding hydrogens is 278 g/mol. The number of carbonyl (C=O) groups is 3. The maximum Gasteiger partial charge on any atom is 0.339 e. The zero-order valence-electron chi connectivity index (χ0n) is 12.7. The van der Waals surface area contributed by atoms with Gasteiger partial charge in [0.25, 0.3) is 0 Å². The molecule has 0 aliphatic carbocycles. The van der Waals surface area contributed by atoms with Crippen molar-refractivity contribution in [2.75, 3.05) is 20.3 Å². The van der Waals surface area contributed by atoms with Crippen LogP contribution in [0, 0.1) is 0 Å². The Morgan fingerprint density at radius 1 is 1.10 bits per heavy atom. The summed E-state index contributed by atoms with van der Waals surface area (Å²) in [6, 6.07) is -0.643. The number of esters is 3. The molecule has 0 aliphatic heterocycles. The maximum absolute atomic E-state index is 11.7. The van der Waals surface area contributed by atoms with Gasteiger partial charge in [0.2, 0.25) is 0 Å². The van der Waals surface area contributed by atoms with E-state index in [0.29, 0.717) is 0 Å². The zero-order chi connectivity index (χ0) is 16.3. The van der Waals surface area contributed by atoms with Crippen molar-refractivity contribution >= 4 is 17.9 Å². The Balaban J connectivity index is 4.92. The average Bonchev–Trinajstić information content (AvgIpc) is 2.46. The van der Waals surface area contributed by atoms with Crippen molar-refractivity contribution in [2.45, 2.75) is 26.8 Å². The summed E-state index contributed by atoms with van der Waals surface area (Å²) in [5.74, 6) is -1.68. The van der Waals surface area contributed by atoms with E-state index in [-0.39, 0.29) is 18.8 Å². The second-order valence-corrected chi connectivity index (χ2v) is 3.82. The third kappa shape index (κ3) is 7.76. The largest absolute Gasteiger partial charge is 0.467 e. The summed E-state index contributed by atoms with van der Waals surface area (Å²) in [6.07, 6.45) is 3.65. The molecule has 0 amide bonds. The summed E-state index contributed by atoms with van der Waals surface area (Å²) in [6.45, 7) is 5.33. The van der Waals surface area contributed by atoms with Gasteiger partial charge in [-0.05, 0) is 26.8 Å². The summed E-state index contributed by atoms with van der Waals surface area (Å²) in [7, 11) is 1.26. The molecule has 21 heavy (non-hydrogen) atoms. The fourth-order valence-corrected chi connectivity index (χ4v) is 1.20. The average molecular weight is 299 g/mol. The van der Waals surface area contributed by atoms with E-state index >= 15 is 0 Å². The van der Waals surface area contributed by atoms with Gasteiger partial charge in [-0.25, -0.2) is 14.4 Å². The van der Waals surface area contributed by atoms with Crippen molar-refractivity contribution in [3.05, 3.63) is 23.9 Å². The number of hydrogen-bond donors (Lipinski definition) is 1. The highest BCUT2D eigenvalue weighted by atomic mass is 16.5. The summed E-state index contributed by atoms with van der Waals surface area (Å²) in [4.78, 5) is 34.2. The number of nitrogens with one attached hydrogen (secondary N) is 1. The lowest BCUT2D eigenvalue weighted by Gasteiger charge is -2.10. The Bertz CT molecular complexity index is 427. The lowest BCUT2D eigenvalue weighted by molar-refractivity contribution is -0.142. The molecule has 0 heterocycles. The van der Waals surface area contributed by atoms with Crippen molar-refractivity contribution in [1.82, 2.24) is 5.32 Å². The molecule has 0 saturated carbocycles. The summed E-state index contributed by atoms with van der Waals surface area (Å²) in [5.41, 5.74) is 0.0839. The minimum Gasteiger partial charge on any atom is -0.467 e. The predicted octanol–water partition coefficient (Wildman–Crippen LogP) is 0.704. The molecular formula is C14H21NO6. The highest BCUT2D eigenvalue weighted by molar-refractivity contribution is 5.94. The van der Waals surface area contributed by atoms with Gasteiger partial charge in [-0.2, -0.15) is 0 Å². The molecule has 0 spiro atoms. The molecule has 0 aromatic carbocycles. The minimum absolute atomic E-state index is 0.0839. The quantitative estimate of drug-likeness (QED) is 0.305. The van der Waals surface area contributed by atoms with Crippen molar-refractivity contribution in [1.29, 1.82) is 0 Å². The predicted molar refractivity (Wildman–Crippen MR) is 75.1 cm³/mol. The lowest BCUT2D eigenvalue weighted by Crippen LogP contribution is -2.31. The fourth-order valence-electron chi connectivity index (χ4n) is 1.20. The molecule has 118 valence electrons. The van der Waals surface area contributed by atoms with Crippen LogP contribution >= 0.6 is 0 Å². The van der Waals surface area contributed by atoms with Crippen LogP contribution in [0.1, 0.15) is 20.8 Å². The van der Waals surface area contributed by atoms with Crippen LogP contribution in [0.3, 0.4) is 0 Å². The van der Waals surface area contributed by atoms with E-state index in [9.17, 15) is 14.4 Å². The number of methoxy groups -OCH3 is 1. The van der Waals surface area contributed by atoms with Crippen LogP contribution in [-0.2, 0) is 28.6 Å². The molecule has 0 aliphatic rings. The highest BCUT2D eigenvalue weighted by Crippen LogP contribution is 2.01. The second-order valence-electron chi connectivity index (χ2n) is 3.82. The van der Waals surface area contributed by atoms with E-state index in [1.165, 1.54) is 19.4 Å². The Labute approximate surface area is 123 Å². The van der Waals surface area contributed by atoms with Crippen LogP contribution < -0.4 is 5.32 Å². The maximum atomic E-state index is 11.7. The van der Waals surface area contributed by atoms with Gasteiger partial charge in [-0.3, -0.25) is 0 Å². The monoisotopic (exact) mass is 299 g/mol. The van der Waals surface area contributed by atoms with Gasteiger partial charge in [0.1, 0.15) is 6.04 Å². The van der Waals surface area contributed by atoms with Gasteiger partial charge >= 0.3 is 17.9 Å². The summed E-state index contributed by atoms with van der Waals surface area (Å²) >= 11 is 0. The van der Waals surface area contributed by atoms with Crippen LogP contribution in [0.25, 0.3) is 0 Å². The van der Waals surface area contributed by atoms with Crippen LogP contribution in [0.4, 0.5) is 0 Å². The number of rotatable bonds is 8. The normalized spacial score (nSPS) is 12.7. The topological polar surface area (TPSA) is 90.9 Å². The molecule has 7 heteroatoms. The van der Waals surface area contributed by atoms with Gasteiger partial charge in [-0.1, -0.05) is 0 Å². The molecule has 0 aromatic rings. The zero-order valence-corrected chi connectivity index (χ0v) is 12.7. The van der Waals surface area contributed by atoms with E-state index in [1.54, 1.807) is 20.8 Å². The third-order valence-corrected chi connectivity index (χ3v) is 2.24. The lowest BCUT2D eigenvalue weighted by atomic mass is 10.2. The van der Waals surface area contributed by atoms with Gasteiger partial charge in [-0.15, -0.1) is 0 Å². The van der Waals surface area contributed by atoms with Crippen LogP contribution in [-0.4, -0.2) is 44.3 Å². The molecule has 0 bridgehead atoms. The first kappa shape index (κ1) is 18.7. The molecule has 7 nitrogen and oxygen atoms in total. The van der Waals surface area contributed by atoms with Crippen LogP contribution in [0.2, 0.25) is 0 Å². The van der Waals surface area contributed by atoms with Crippen molar-refractivity contribution in [3.63, 3.8) is 0 Å². The Morgan fingerprint density at radius 3 is 2.24 bits per heavy atom. The molecule has 0 aromatic heterocycles. The van der Waals surface area contributed by atoms with Gasteiger partial charge < -0.3 is 19.5 Å². The van der Waals surface area contributed by atoms with Gasteiger partial charge in [0.05, 0.1) is 25.9 Å². The standard InChI is InChI=1S/C14H21NO6/c1-5-20-12(16)8-7-11(14(18)21-6-2)9-15-10(3)13(17)19-4/h7-10,15H,5-6H2,1-4H3/b8-7+,11-9-. The Morgan fingerprint density at radius 2 is 1.71 bits per heavy atom. The Hall–Kier alpha value is -2.31. The van der Waals surface area contributed by atoms with E-state index in [4.69, 9.17) is 9.47 Å². The highest BCUT2D eigenvalue weighted by Gasteiger charge is 2.13. The first-order valence-electron chi connectivity index (χ1n) is 6.52. The molecule has 0 fully saturated rings. The molecule has 1 N–H and O–H groups in total. The third-order valence-electron chi connectivity index (χ3n) is 2.24. The van der Waals surface area contributed by atoms with Crippen molar-refractivity contribution in [2.24, 2.45) is 0 Å². The SMILES string of the molecule is CCOC(=O)/C=C/C(=C/NC(C)C(=O)OC)C(=O)OCC. The molecule has 1 atom stereocenters. The summed E-state index contributed by atoms with van der Waals surface area (Å²) < 4.78 is 14.1. The number of ether oxygens (including phenoxy) is 3. The van der Waals surface area contributed by atoms with Crippen LogP contribution in [0.15, 0.2) is 23.9 Å². The second kappa shape index (κ2) is 10.5. The van der Waals surface area contributed by atoms with E-state index in [1.807, 2.05) is 0 Å².